The van der Waals surface area contributed by atoms with Crippen molar-refractivity contribution in [3.05, 3.63) is 29.6 Å². The van der Waals surface area contributed by atoms with Crippen LogP contribution in [0.1, 0.15) is 29.9 Å². The lowest BCUT2D eigenvalue weighted by Gasteiger charge is -2.21. The van der Waals surface area contributed by atoms with Gasteiger partial charge in [-0.3, -0.25) is 4.79 Å². The molecular formula is C13H17N3O2. The van der Waals surface area contributed by atoms with E-state index >= 15 is 0 Å². The van der Waals surface area contributed by atoms with Gasteiger partial charge in [-0.05, 0) is 18.1 Å². The standard InChI is InChI=1S/C13H17N3O2/c1-9(2)12(8-18-3)16-13(17)11-5-4-10(6-14)7-15-11/h4-5,7,9,12H,8H2,1-3H3,(H,16,17). The Morgan fingerprint density at radius 1 is 1.56 bits per heavy atom. The van der Waals surface area contributed by atoms with Gasteiger partial charge in [-0.2, -0.15) is 5.26 Å². The molecule has 0 radical (unpaired) electrons. The van der Waals surface area contributed by atoms with Gasteiger partial charge >= 0.3 is 0 Å². The number of carbonyl (C=O) groups excluding carboxylic acids is 1. The van der Waals surface area contributed by atoms with Crippen LogP contribution in [0.5, 0.6) is 0 Å². The van der Waals surface area contributed by atoms with Crippen LogP contribution in [0, 0.1) is 17.2 Å². The van der Waals surface area contributed by atoms with Crippen LogP contribution in [0.3, 0.4) is 0 Å². The Kier molecular flexibility index (Phi) is 5.28. The molecule has 0 aliphatic heterocycles. The van der Waals surface area contributed by atoms with Crippen molar-refractivity contribution in [2.45, 2.75) is 19.9 Å². The molecule has 1 aromatic heterocycles. The Bertz CT molecular complexity index is 435. The first kappa shape index (κ1) is 14.1. The molecule has 1 heterocycles. The van der Waals surface area contributed by atoms with E-state index in [0.717, 1.165) is 0 Å². The summed E-state index contributed by atoms with van der Waals surface area (Å²) in [4.78, 5) is 15.9. The number of ether oxygens (including phenoxy) is 1. The van der Waals surface area contributed by atoms with E-state index in [-0.39, 0.29) is 17.9 Å². The molecule has 1 unspecified atom stereocenters. The van der Waals surface area contributed by atoms with E-state index in [1.54, 1.807) is 13.2 Å². The average Bonchev–Trinajstić information content (AvgIpc) is 2.38. The van der Waals surface area contributed by atoms with Gasteiger partial charge in [0.05, 0.1) is 18.2 Å². The Balaban J connectivity index is 2.71. The third-order valence-corrected chi connectivity index (χ3v) is 2.59. The highest BCUT2D eigenvalue weighted by molar-refractivity contribution is 5.92. The molecule has 5 heteroatoms. The highest BCUT2D eigenvalue weighted by atomic mass is 16.5. The molecule has 0 aliphatic rings. The fraction of sp³-hybridized carbons (Fsp3) is 0.462. The van der Waals surface area contributed by atoms with E-state index in [1.165, 1.54) is 12.3 Å². The molecule has 1 N–H and O–H groups in total. The van der Waals surface area contributed by atoms with Gasteiger partial charge in [0.1, 0.15) is 11.8 Å². The fourth-order valence-corrected chi connectivity index (χ4v) is 1.42. The highest BCUT2D eigenvalue weighted by Gasteiger charge is 2.17. The Hall–Kier alpha value is -1.93. The molecule has 0 aromatic carbocycles. The number of nitrogens with one attached hydrogen (secondary N) is 1. The summed E-state index contributed by atoms with van der Waals surface area (Å²) in [5, 5.41) is 11.5. The average molecular weight is 247 g/mol. The number of hydrogen-bond acceptors (Lipinski definition) is 4. The van der Waals surface area contributed by atoms with Gasteiger partial charge in [0.2, 0.25) is 0 Å². The molecule has 5 nitrogen and oxygen atoms in total. The van der Waals surface area contributed by atoms with Gasteiger partial charge in [-0.15, -0.1) is 0 Å². The molecular weight excluding hydrogens is 230 g/mol. The molecule has 0 fully saturated rings. The summed E-state index contributed by atoms with van der Waals surface area (Å²) in [7, 11) is 1.60. The third kappa shape index (κ3) is 3.82. The Morgan fingerprint density at radius 2 is 2.28 bits per heavy atom. The van der Waals surface area contributed by atoms with Gasteiger partial charge < -0.3 is 10.1 Å². The van der Waals surface area contributed by atoms with Crippen molar-refractivity contribution in [1.29, 1.82) is 5.26 Å². The van der Waals surface area contributed by atoms with E-state index in [1.807, 2.05) is 19.9 Å². The molecule has 0 spiro atoms. The summed E-state index contributed by atoms with van der Waals surface area (Å²) >= 11 is 0. The lowest BCUT2D eigenvalue weighted by atomic mass is 10.1. The summed E-state index contributed by atoms with van der Waals surface area (Å²) in [6.07, 6.45) is 1.38. The van der Waals surface area contributed by atoms with E-state index in [2.05, 4.69) is 10.3 Å². The molecule has 1 rings (SSSR count). The number of rotatable bonds is 5. The first-order chi connectivity index (χ1) is 8.58. The first-order valence-corrected chi connectivity index (χ1v) is 5.74. The van der Waals surface area contributed by atoms with Crippen molar-refractivity contribution in [3.63, 3.8) is 0 Å². The van der Waals surface area contributed by atoms with E-state index < -0.39 is 0 Å². The Labute approximate surface area is 107 Å². The number of carbonyl (C=O) groups is 1. The number of methoxy groups -OCH3 is 1. The maximum atomic E-state index is 11.9. The van der Waals surface area contributed by atoms with Crippen molar-refractivity contribution >= 4 is 5.91 Å². The predicted octanol–water partition coefficient (Wildman–Crippen LogP) is 1.35. The van der Waals surface area contributed by atoms with Crippen molar-refractivity contribution in [2.24, 2.45) is 5.92 Å². The van der Waals surface area contributed by atoms with E-state index in [9.17, 15) is 4.79 Å². The third-order valence-electron chi connectivity index (χ3n) is 2.59. The maximum absolute atomic E-state index is 11.9. The molecule has 0 aliphatic carbocycles. The number of aromatic nitrogens is 1. The second kappa shape index (κ2) is 6.72. The fourth-order valence-electron chi connectivity index (χ4n) is 1.42. The van der Waals surface area contributed by atoms with Crippen molar-refractivity contribution in [3.8, 4) is 6.07 Å². The van der Waals surface area contributed by atoms with Crippen LogP contribution in [0.25, 0.3) is 0 Å². The summed E-state index contributed by atoms with van der Waals surface area (Å²) in [5.41, 5.74) is 0.736. The lowest BCUT2D eigenvalue weighted by molar-refractivity contribution is 0.0862. The zero-order valence-electron chi connectivity index (χ0n) is 10.8. The summed E-state index contributed by atoms with van der Waals surface area (Å²) in [5.74, 6) is 0.0162. The zero-order chi connectivity index (χ0) is 13.5. The van der Waals surface area contributed by atoms with Crippen LogP contribution in [0.4, 0.5) is 0 Å². The molecule has 0 saturated heterocycles. The smallest absolute Gasteiger partial charge is 0.270 e. The predicted molar refractivity (Wildman–Crippen MR) is 66.9 cm³/mol. The largest absolute Gasteiger partial charge is 0.383 e. The quantitative estimate of drug-likeness (QED) is 0.852. The second-order valence-electron chi connectivity index (χ2n) is 4.32. The van der Waals surface area contributed by atoms with Crippen molar-refractivity contribution in [1.82, 2.24) is 10.3 Å². The lowest BCUT2D eigenvalue weighted by Crippen LogP contribution is -2.41. The number of amides is 1. The van der Waals surface area contributed by atoms with Crippen LogP contribution in [0.15, 0.2) is 18.3 Å². The van der Waals surface area contributed by atoms with Crippen LogP contribution in [-0.4, -0.2) is 30.6 Å². The number of nitrogens with zero attached hydrogens (tertiary/aromatic N) is 2. The number of nitriles is 1. The molecule has 1 atom stereocenters. The van der Waals surface area contributed by atoms with E-state index in [0.29, 0.717) is 17.9 Å². The summed E-state index contributed by atoms with van der Waals surface area (Å²) < 4.78 is 5.06. The minimum Gasteiger partial charge on any atom is -0.383 e. The van der Waals surface area contributed by atoms with Crippen LogP contribution < -0.4 is 5.32 Å². The normalized spacial score (nSPS) is 11.9. The summed E-state index contributed by atoms with van der Waals surface area (Å²) in [6.45, 7) is 4.48. The zero-order valence-corrected chi connectivity index (χ0v) is 10.8. The van der Waals surface area contributed by atoms with Crippen LogP contribution in [-0.2, 0) is 4.74 Å². The van der Waals surface area contributed by atoms with E-state index in [4.69, 9.17) is 10.00 Å². The molecule has 0 saturated carbocycles. The van der Waals surface area contributed by atoms with Crippen LogP contribution in [0.2, 0.25) is 0 Å². The minimum absolute atomic E-state index is 0.0556. The molecule has 1 aromatic rings. The maximum Gasteiger partial charge on any atom is 0.270 e. The van der Waals surface area contributed by atoms with Gasteiger partial charge in [-0.25, -0.2) is 4.98 Å². The van der Waals surface area contributed by atoms with Crippen LogP contribution >= 0.6 is 0 Å². The topological polar surface area (TPSA) is 75.0 Å². The number of hydrogen-bond donors (Lipinski definition) is 1. The molecule has 0 bridgehead atoms. The second-order valence-corrected chi connectivity index (χ2v) is 4.32. The Morgan fingerprint density at radius 3 is 2.72 bits per heavy atom. The van der Waals surface area contributed by atoms with Gasteiger partial charge in [-0.1, -0.05) is 13.8 Å². The highest BCUT2D eigenvalue weighted by Crippen LogP contribution is 2.04. The minimum atomic E-state index is -0.254. The summed E-state index contributed by atoms with van der Waals surface area (Å²) in [6, 6.07) is 5.01. The number of pyridine rings is 1. The van der Waals surface area contributed by atoms with Gasteiger partial charge in [0.15, 0.2) is 0 Å². The molecule has 1 amide bonds. The van der Waals surface area contributed by atoms with Crippen molar-refractivity contribution in [2.75, 3.05) is 13.7 Å². The molecule has 96 valence electrons. The van der Waals surface area contributed by atoms with Gasteiger partial charge in [0.25, 0.3) is 5.91 Å². The first-order valence-electron chi connectivity index (χ1n) is 5.74. The monoisotopic (exact) mass is 247 g/mol. The van der Waals surface area contributed by atoms with Crippen molar-refractivity contribution < 1.29 is 9.53 Å². The SMILES string of the molecule is COCC(NC(=O)c1ccc(C#N)cn1)C(C)C. The van der Waals surface area contributed by atoms with Gasteiger partial charge in [0, 0.05) is 13.3 Å². The molecule has 18 heavy (non-hydrogen) atoms.